The molecule has 7 heteroatoms. The van der Waals surface area contributed by atoms with Crippen LogP contribution in [0.3, 0.4) is 0 Å². The van der Waals surface area contributed by atoms with E-state index in [0.717, 1.165) is 48.3 Å². The molecule has 2 aromatic heterocycles. The van der Waals surface area contributed by atoms with Crippen LogP contribution in [0.25, 0.3) is 43.8 Å². The summed E-state index contributed by atoms with van der Waals surface area (Å²) in [6.07, 6.45) is 1.76. The van der Waals surface area contributed by atoms with Crippen molar-refractivity contribution >= 4 is 39.6 Å². The average Bonchev–Trinajstić information content (AvgIpc) is 3.54. The Labute approximate surface area is 235 Å². The first-order chi connectivity index (χ1) is 19.5. The fraction of sp³-hybridized carbons (Fsp3) is 0.0909. The van der Waals surface area contributed by atoms with E-state index >= 15 is 0 Å². The van der Waals surface area contributed by atoms with E-state index in [4.69, 9.17) is 4.98 Å². The van der Waals surface area contributed by atoms with E-state index in [1.54, 1.807) is 31.3 Å². The third-order valence-corrected chi connectivity index (χ3v) is 8.11. The van der Waals surface area contributed by atoms with Crippen molar-refractivity contribution in [3.8, 4) is 33.5 Å². The van der Waals surface area contributed by atoms with Gasteiger partial charge in [0.25, 0.3) is 11.8 Å². The summed E-state index contributed by atoms with van der Waals surface area (Å²) in [4.78, 5) is 32.1. The summed E-state index contributed by atoms with van der Waals surface area (Å²) in [7, 11) is 0. The van der Waals surface area contributed by atoms with E-state index in [1.165, 1.54) is 0 Å². The number of fused-ring (bicyclic) bond motifs is 1. The first-order valence-corrected chi connectivity index (χ1v) is 13.7. The van der Waals surface area contributed by atoms with Gasteiger partial charge in [-0.15, -0.1) is 11.3 Å². The first kappa shape index (κ1) is 25.2. The van der Waals surface area contributed by atoms with Crippen molar-refractivity contribution in [1.29, 1.82) is 5.26 Å². The Kier molecular flexibility index (Phi) is 6.47. The average molecular weight is 541 g/mol. The maximum absolute atomic E-state index is 13.3. The number of thiazole rings is 1. The summed E-state index contributed by atoms with van der Waals surface area (Å²) < 4.78 is 2.98. The van der Waals surface area contributed by atoms with Crippen molar-refractivity contribution < 1.29 is 9.59 Å². The van der Waals surface area contributed by atoms with Crippen molar-refractivity contribution in [2.45, 2.75) is 13.8 Å². The zero-order valence-electron chi connectivity index (χ0n) is 22.0. The van der Waals surface area contributed by atoms with Gasteiger partial charge >= 0.3 is 0 Å². The quantitative estimate of drug-likeness (QED) is 0.177. The number of likely N-dealkylation sites (N-methyl/N-ethyl adjacent to an activating group) is 1. The van der Waals surface area contributed by atoms with Crippen LogP contribution in [0.5, 0.6) is 0 Å². The molecule has 5 aromatic rings. The Morgan fingerprint density at radius 2 is 1.50 bits per heavy atom. The number of nitrogens with zero attached hydrogens (tertiary/aromatic N) is 4. The fourth-order valence-electron chi connectivity index (χ4n) is 4.98. The summed E-state index contributed by atoms with van der Waals surface area (Å²) in [5, 5.41) is 10.5. The first-order valence-electron chi connectivity index (χ1n) is 12.9. The van der Waals surface area contributed by atoms with E-state index in [1.807, 2.05) is 65.2 Å². The second-order valence-corrected chi connectivity index (χ2v) is 10.4. The maximum atomic E-state index is 13.3. The SMILES string of the molecule is CCN1C(=O)C(C#N)=C(C)/C(=C/c2cc3sc(-c4ccc(-c5ccccc5)cc4)nc3n2-c2ccccc2)C1=O. The van der Waals surface area contributed by atoms with Gasteiger partial charge in [0.05, 0.1) is 4.70 Å². The Bertz CT molecular complexity index is 1870. The molecule has 0 spiro atoms. The highest BCUT2D eigenvalue weighted by molar-refractivity contribution is 7.21. The van der Waals surface area contributed by atoms with Crippen LogP contribution in [-0.2, 0) is 9.59 Å². The predicted octanol–water partition coefficient (Wildman–Crippen LogP) is 7.03. The number of carbonyl (C=O) groups excluding carboxylic acids is 2. The van der Waals surface area contributed by atoms with E-state index in [2.05, 4.69) is 36.4 Å². The number of benzene rings is 3. The molecule has 6 rings (SSSR count). The molecule has 0 unspecified atom stereocenters. The van der Waals surface area contributed by atoms with Crippen molar-refractivity contribution in [2.24, 2.45) is 0 Å². The Balaban J connectivity index is 1.48. The predicted molar refractivity (Wildman–Crippen MR) is 159 cm³/mol. The van der Waals surface area contributed by atoms with Gasteiger partial charge in [-0.1, -0.05) is 72.8 Å². The lowest BCUT2D eigenvalue weighted by Gasteiger charge is -2.26. The van der Waals surface area contributed by atoms with E-state index < -0.39 is 11.8 Å². The molecule has 0 saturated carbocycles. The highest BCUT2D eigenvalue weighted by atomic mass is 32.1. The molecule has 0 aliphatic carbocycles. The van der Waals surface area contributed by atoms with Crippen LogP contribution in [0.4, 0.5) is 0 Å². The van der Waals surface area contributed by atoms with E-state index in [-0.39, 0.29) is 12.1 Å². The fourth-order valence-corrected chi connectivity index (χ4v) is 5.98. The number of para-hydroxylation sites is 1. The number of nitriles is 1. The van der Waals surface area contributed by atoms with Crippen molar-refractivity contribution in [3.63, 3.8) is 0 Å². The van der Waals surface area contributed by atoms with Gasteiger partial charge in [-0.05, 0) is 54.8 Å². The normalized spacial score (nSPS) is 14.8. The molecule has 194 valence electrons. The topological polar surface area (TPSA) is 79.0 Å². The molecule has 0 atom stereocenters. The minimum absolute atomic E-state index is 0.00769. The second kappa shape index (κ2) is 10.3. The second-order valence-electron chi connectivity index (χ2n) is 9.41. The molecule has 6 nitrogen and oxygen atoms in total. The number of hydrogen-bond acceptors (Lipinski definition) is 5. The van der Waals surface area contributed by atoms with Crippen LogP contribution in [0.2, 0.25) is 0 Å². The number of carbonyl (C=O) groups is 2. The molecule has 40 heavy (non-hydrogen) atoms. The molecule has 0 radical (unpaired) electrons. The van der Waals surface area contributed by atoms with Gasteiger partial charge in [0, 0.05) is 29.1 Å². The summed E-state index contributed by atoms with van der Waals surface area (Å²) in [5.74, 6) is -0.950. The van der Waals surface area contributed by atoms with Gasteiger partial charge in [0.15, 0.2) is 5.65 Å². The summed E-state index contributed by atoms with van der Waals surface area (Å²) >= 11 is 1.58. The number of imide groups is 1. The van der Waals surface area contributed by atoms with Gasteiger partial charge in [0.1, 0.15) is 16.6 Å². The molecule has 0 fully saturated rings. The third-order valence-electron chi connectivity index (χ3n) is 7.07. The van der Waals surface area contributed by atoms with E-state index in [9.17, 15) is 14.9 Å². The summed E-state index contributed by atoms with van der Waals surface area (Å²) in [5.41, 5.74) is 6.46. The molecule has 3 aromatic carbocycles. The van der Waals surface area contributed by atoms with E-state index in [0.29, 0.717) is 11.1 Å². The molecule has 2 amide bonds. The molecule has 0 saturated heterocycles. The minimum atomic E-state index is -0.548. The molecule has 3 heterocycles. The lowest BCUT2D eigenvalue weighted by molar-refractivity contribution is -0.140. The summed E-state index contributed by atoms with van der Waals surface area (Å²) in [6, 6.07) is 32.5. The van der Waals surface area contributed by atoms with Crippen molar-refractivity contribution in [3.05, 3.63) is 113 Å². The van der Waals surface area contributed by atoms with Crippen LogP contribution in [0.1, 0.15) is 19.5 Å². The Morgan fingerprint density at radius 3 is 2.15 bits per heavy atom. The Morgan fingerprint density at radius 1 is 0.875 bits per heavy atom. The number of aromatic nitrogens is 2. The zero-order valence-corrected chi connectivity index (χ0v) is 22.8. The van der Waals surface area contributed by atoms with Gasteiger partial charge < -0.3 is 0 Å². The monoisotopic (exact) mass is 540 g/mol. The van der Waals surface area contributed by atoms with Crippen molar-refractivity contribution in [1.82, 2.24) is 14.5 Å². The number of rotatable bonds is 5. The van der Waals surface area contributed by atoms with Crippen LogP contribution >= 0.6 is 11.3 Å². The van der Waals surface area contributed by atoms with Crippen LogP contribution in [0.15, 0.2) is 108 Å². The number of hydrogen-bond donors (Lipinski definition) is 0. The third kappa shape index (κ3) is 4.25. The van der Waals surface area contributed by atoms with Gasteiger partial charge in [-0.2, -0.15) is 5.26 Å². The molecule has 1 aliphatic rings. The van der Waals surface area contributed by atoms with Gasteiger partial charge in [-0.25, -0.2) is 4.98 Å². The molecule has 0 bridgehead atoms. The maximum Gasteiger partial charge on any atom is 0.271 e. The number of amides is 2. The van der Waals surface area contributed by atoms with Crippen LogP contribution in [-0.4, -0.2) is 32.8 Å². The highest BCUT2D eigenvalue weighted by Crippen LogP contribution is 2.36. The molecular weight excluding hydrogens is 516 g/mol. The standard InChI is InChI=1S/C33H24N4O2S/c1-3-36-32(38)27(21(2)28(20-34)33(36)39)18-26-19-29-30(37(26)25-12-8-5-9-13-25)35-31(40-29)24-16-14-23(15-17-24)22-10-6-4-7-11-22/h4-19H,3H2,1-2H3/b27-18-. The molecular formula is C33H24N4O2S. The highest BCUT2D eigenvalue weighted by Gasteiger charge is 2.34. The molecule has 0 N–H and O–H groups in total. The lowest BCUT2D eigenvalue weighted by Crippen LogP contribution is -2.42. The van der Waals surface area contributed by atoms with Gasteiger partial charge in [-0.3, -0.25) is 19.1 Å². The van der Waals surface area contributed by atoms with Crippen molar-refractivity contribution in [2.75, 3.05) is 6.54 Å². The lowest BCUT2D eigenvalue weighted by atomic mass is 9.94. The Hall–Kier alpha value is -5.06. The minimum Gasteiger partial charge on any atom is -0.294 e. The van der Waals surface area contributed by atoms with Crippen LogP contribution < -0.4 is 0 Å². The smallest absolute Gasteiger partial charge is 0.271 e. The van der Waals surface area contributed by atoms with Crippen LogP contribution in [0, 0.1) is 11.3 Å². The zero-order chi connectivity index (χ0) is 27.8. The molecule has 1 aliphatic heterocycles. The largest absolute Gasteiger partial charge is 0.294 e. The van der Waals surface area contributed by atoms with Gasteiger partial charge in [0.2, 0.25) is 0 Å². The summed E-state index contributed by atoms with van der Waals surface area (Å²) in [6.45, 7) is 3.57.